The fraction of sp³-hybridized carbons (Fsp3) is 0.227. The number of fused-ring (bicyclic) bond motifs is 1. The summed E-state index contributed by atoms with van der Waals surface area (Å²) >= 11 is 0. The predicted octanol–water partition coefficient (Wildman–Crippen LogP) is 4.37. The van der Waals surface area contributed by atoms with E-state index in [1.807, 2.05) is 47.6 Å². The van der Waals surface area contributed by atoms with Crippen LogP contribution in [0.25, 0.3) is 0 Å². The Morgan fingerprint density at radius 1 is 1.00 bits per heavy atom. The van der Waals surface area contributed by atoms with E-state index >= 15 is 0 Å². The molecule has 0 bridgehead atoms. The quantitative estimate of drug-likeness (QED) is 0.697. The minimum absolute atomic E-state index is 0.0245. The first-order valence-electron chi connectivity index (χ1n) is 8.80. The maximum absolute atomic E-state index is 13.1. The van der Waals surface area contributed by atoms with Gasteiger partial charge in [0.1, 0.15) is 0 Å². The molecular formula is C22H22N2O. The van der Waals surface area contributed by atoms with Crippen LogP contribution < -0.4 is 4.90 Å². The highest BCUT2D eigenvalue weighted by Crippen LogP contribution is 2.31. The van der Waals surface area contributed by atoms with Gasteiger partial charge >= 0.3 is 0 Å². The van der Waals surface area contributed by atoms with Gasteiger partial charge in [-0.25, -0.2) is 0 Å². The van der Waals surface area contributed by atoms with Crippen LogP contribution in [0.1, 0.15) is 29.2 Å². The van der Waals surface area contributed by atoms with Crippen LogP contribution in [-0.4, -0.2) is 17.0 Å². The minimum Gasteiger partial charge on any atom is -0.346 e. The predicted molar refractivity (Wildman–Crippen MR) is 101 cm³/mol. The number of hydrogen-bond donors (Lipinski definition) is 0. The van der Waals surface area contributed by atoms with Gasteiger partial charge in [-0.2, -0.15) is 0 Å². The van der Waals surface area contributed by atoms with Gasteiger partial charge in [0.25, 0.3) is 0 Å². The van der Waals surface area contributed by atoms with Crippen molar-refractivity contribution in [3.8, 4) is 0 Å². The number of aryl methyl sites for hydroxylation is 1. The van der Waals surface area contributed by atoms with E-state index in [0.29, 0.717) is 6.42 Å². The SMILES string of the molecule is Cc1ccccc1[C@@H](CC(=O)N1CCc2ccccc21)n1cccc1. The number of anilines is 1. The summed E-state index contributed by atoms with van der Waals surface area (Å²) in [7, 11) is 0. The van der Waals surface area contributed by atoms with Gasteiger partial charge in [0.05, 0.1) is 12.5 Å². The third-order valence-electron chi connectivity index (χ3n) is 5.09. The molecule has 0 aliphatic carbocycles. The molecule has 0 unspecified atom stereocenters. The van der Waals surface area contributed by atoms with E-state index in [0.717, 1.165) is 18.7 Å². The first-order valence-corrected chi connectivity index (χ1v) is 8.80. The molecule has 2 aromatic carbocycles. The molecule has 0 spiro atoms. The van der Waals surface area contributed by atoms with Crippen molar-refractivity contribution in [1.29, 1.82) is 0 Å². The Hall–Kier alpha value is -2.81. The average molecular weight is 330 g/mol. The molecule has 0 N–H and O–H groups in total. The van der Waals surface area contributed by atoms with E-state index in [2.05, 4.69) is 41.8 Å². The highest BCUT2D eigenvalue weighted by molar-refractivity contribution is 5.95. The summed E-state index contributed by atoms with van der Waals surface area (Å²) in [6.45, 7) is 2.89. The molecule has 1 amide bonds. The van der Waals surface area contributed by atoms with Crippen molar-refractivity contribution in [1.82, 2.24) is 4.57 Å². The van der Waals surface area contributed by atoms with Crippen molar-refractivity contribution in [3.63, 3.8) is 0 Å². The molecule has 126 valence electrons. The molecule has 25 heavy (non-hydrogen) atoms. The molecule has 3 nitrogen and oxygen atoms in total. The molecule has 4 rings (SSSR count). The van der Waals surface area contributed by atoms with Crippen molar-refractivity contribution in [2.24, 2.45) is 0 Å². The summed E-state index contributed by atoms with van der Waals surface area (Å²) in [5.41, 5.74) is 4.77. The lowest BCUT2D eigenvalue weighted by Crippen LogP contribution is -2.31. The average Bonchev–Trinajstić information content (AvgIpc) is 3.30. The minimum atomic E-state index is 0.0245. The molecule has 0 saturated carbocycles. The summed E-state index contributed by atoms with van der Waals surface area (Å²) < 4.78 is 2.14. The number of para-hydroxylation sites is 1. The normalized spacial score (nSPS) is 14.4. The summed E-state index contributed by atoms with van der Waals surface area (Å²) in [6.07, 6.45) is 5.50. The van der Waals surface area contributed by atoms with Crippen LogP contribution in [0.3, 0.4) is 0 Å². The maximum atomic E-state index is 13.1. The molecule has 3 aromatic rings. The number of carbonyl (C=O) groups excluding carboxylic acids is 1. The van der Waals surface area contributed by atoms with E-state index < -0.39 is 0 Å². The van der Waals surface area contributed by atoms with Gasteiger partial charge in [0, 0.05) is 24.6 Å². The monoisotopic (exact) mass is 330 g/mol. The van der Waals surface area contributed by atoms with Crippen molar-refractivity contribution >= 4 is 11.6 Å². The Bertz CT molecular complexity index is 883. The third-order valence-corrected chi connectivity index (χ3v) is 5.09. The van der Waals surface area contributed by atoms with Gasteiger partial charge in [0.15, 0.2) is 0 Å². The van der Waals surface area contributed by atoms with Crippen molar-refractivity contribution in [2.45, 2.75) is 25.8 Å². The molecule has 1 atom stereocenters. The van der Waals surface area contributed by atoms with Crippen molar-refractivity contribution in [2.75, 3.05) is 11.4 Å². The highest BCUT2D eigenvalue weighted by Gasteiger charge is 2.27. The largest absolute Gasteiger partial charge is 0.346 e. The number of rotatable bonds is 4. The molecule has 0 fully saturated rings. The summed E-state index contributed by atoms with van der Waals surface area (Å²) in [4.78, 5) is 15.1. The van der Waals surface area contributed by atoms with Gasteiger partial charge in [-0.05, 0) is 48.2 Å². The van der Waals surface area contributed by atoms with Gasteiger partial charge in [-0.15, -0.1) is 0 Å². The number of nitrogens with zero attached hydrogens (tertiary/aromatic N) is 2. The fourth-order valence-corrected chi connectivity index (χ4v) is 3.77. The van der Waals surface area contributed by atoms with E-state index in [1.54, 1.807) is 0 Å². The molecule has 1 aromatic heterocycles. The summed E-state index contributed by atoms with van der Waals surface area (Å²) in [5, 5.41) is 0. The number of amides is 1. The van der Waals surface area contributed by atoms with E-state index in [4.69, 9.17) is 0 Å². The van der Waals surface area contributed by atoms with E-state index in [1.165, 1.54) is 16.7 Å². The second kappa shape index (κ2) is 6.60. The molecule has 3 heteroatoms. The second-order valence-corrected chi connectivity index (χ2v) is 6.63. The third kappa shape index (κ3) is 2.98. The number of benzene rings is 2. The standard InChI is InChI=1S/C22H22N2O/c1-17-8-2-4-10-19(17)21(23-13-6-7-14-23)16-22(25)24-15-12-18-9-3-5-11-20(18)24/h2-11,13-14,21H,12,15-16H2,1H3/t21-/m1/s1. The Morgan fingerprint density at radius 2 is 1.72 bits per heavy atom. The number of hydrogen-bond acceptors (Lipinski definition) is 1. The van der Waals surface area contributed by atoms with Gasteiger partial charge in [-0.3, -0.25) is 4.79 Å². The van der Waals surface area contributed by atoms with Crippen LogP contribution in [0, 0.1) is 6.92 Å². The van der Waals surface area contributed by atoms with Crippen molar-refractivity contribution < 1.29 is 4.79 Å². The lowest BCUT2D eigenvalue weighted by Gasteiger charge is -2.24. The van der Waals surface area contributed by atoms with Crippen LogP contribution in [0.4, 0.5) is 5.69 Å². The van der Waals surface area contributed by atoms with Gasteiger partial charge in [-0.1, -0.05) is 42.5 Å². The van der Waals surface area contributed by atoms with E-state index in [-0.39, 0.29) is 11.9 Å². The highest BCUT2D eigenvalue weighted by atomic mass is 16.2. The topological polar surface area (TPSA) is 25.2 Å². The summed E-state index contributed by atoms with van der Waals surface area (Å²) in [5.74, 6) is 0.187. The maximum Gasteiger partial charge on any atom is 0.229 e. The lowest BCUT2D eigenvalue weighted by molar-refractivity contribution is -0.119. The number of carbonyl (C=O) groups is 1. The molecular weight excluding hydrogens is 308 g/mol. The number of aromatic nitrogens is 1. The zero-order valence-corrected chi connectivity index (χ0v) is 14.4. The molecule has 0 saturated heterocycles. The molecule has 1 aliphatic rings. The zero-order valence-electron chi connectivity index (χ0n) is 14.4. The Labute approximate surface area is 148 Å². The van der Waals surface area contributed by atoms with Crippen molar-refractivity contribution in [3.05, 3.63) is 89.7 Å². The first kappa shape index (κ1) is 15.7. The molecule has 2 heterocycles. The van der Waals surface area contributed by atoms with Crippen LogP contribution in [0.2, 0.25) is 0 Å². The van der Waals surface area contributed by atoms with Gasteiger partial charge < -0.3 is 9.47 Å². The molecule has 1 aliphatic heterocycles. The second-order valence-electron chi connectivity index (χ2n) is 6.63. The molecule has 0 radical (unpaired) electrons. The van der Waals surface area contributed by atoms with Crippen LogP contribution in [0.15, 0.2) is 73.1 Å². The zero-order chi connectivity index (χ0) is 17.2. The Kier molecular flexibility index (Phi) is 4.14. The van der Waals surface area contributed by atoms with E-state index in [9.17, 15) is 4.79 Å². The van der Waals surface area contributed by atoms with Gasteiger partial charge in [0.2, 0.25) is 5.91 Å². The smallest absolute Gasteiger partial charge is 0.229 e. The Morgan fingerprint density at radius 3 is 2.52 bits per heavy atom. The fourth-order valence-electron chi connectivity index (χ4n) is 3.77. The first-order chi connectivity index (χ1) is 12.2. The Balaban J connectivity index is 1.64. The lowest BCUT2D eigenvalue weighted by atomic mass is 9.98. The van der Waals surface area contributed by atoms with Crippen LogP contribution in [0.5, 0.6) is 0 Å². The summed E-state index contributed by atoms with van der Waals surface area (Å²) in [6, 6.07) is 20.6. The van der Waals surface area contributed by atoms with Crippen LogP contribution >= 0.6 is 0 Å². The van der Waals surface area contributed by atoms with Crippen LogP contribution in [-0.2, 0) is 11.2 Å².